The first-order valence-corrected chi connectivity index (χ1v) is 7.86. The average molecular weight is 284 g/mol. The lowest BCUT2D eigenvalue weighted by Crippen LogP contribution is -2.38. The number of aromatic nitrogens is 1. The zero-order valence-corrected chi connectivity index (χ0v) is 12.7. The van der Waals surface area contributed by atoms with Crippen LogP contribution in [0.1, 0.15) is 36.9 Å². The van der Waals surface area contributed by atoms with Gasteiger partial charge in [0.05, 0.1) is 0 Å². The second-order valence-corrected chi connectivity index (χ2v) is 5.92. The van der Waals surface area contributed by atoms with Gasteiger partial charge in [-0.05, 0) is 37.8 Å². The lowest BCUT2D eigenvalue weighted by molar-refractivity contribution is 0.625. The Morgan fingerprint density at radius 1 is 1.33 bits per heavy atom. The van der Waals surface area contributed by atoms with Crippen LogP contribution in [0.3, 0.4) is 0 Å². The van der Waals surface area contributed by atoms with Gasteiger partial charge >= 0.3 is 0 Å². The third kappa shape index (κ3) is 3.20. The number of hydrogen-bond acceptors (Lipinski definition) is 1. The minimum Gasteiger partial charge on any atom is -0.370 e. The summed E-state index contributed by atoms with van der Waals surface area (Å²) in [7, 11) is 0. The van der Waals surface area contributed by atoms with E-state index >= 15 is 0 Å². The summed E-state index contributed by atoms with van der Waals surface area (Å²) in [5.41, 5.74) is 9.76. The molecule has 1 aliphatic rings. The van der Waals surface area contributed by atoms with Gasteiger partial charge in [0.2, 0.25) is 0 Å². The molecular formula is C17H24N4. The highest BCUT2D eigenvalue weighted by Gasteiger charge is 2.14. The molecule has 0 spiro atoms. The average Bonchev–Trinajstić information content (AvgIpc) is 3.07. The molecule has 4 heteroatoms. The molecule has 1 aliphatic carbocycles. The van der Waals surface area contributed by atoms with Crippen LogP contribution >= 0.6 is 0 Å². The van der Waals surface area contributed by atoms with E-state index in [2.05, 4.69) is 46.5 Å². The van der Waals surface area contributed by atoms with E-state index in [-0.39, 0.29) is 0 Å². The zero-order valence-electron chi connectivity index (χ0n) is 12.7. The van der Waals surface area contributed by atoms with Crippen LogP contribution in [0.15, 0.2) is 29.3 Å². The van der Waals surface area contributed by atoms with Gasteiger partial charge in [0.25, 0.3) is 0 Å². The fourth-order valence-corrected chi connectivity index (χ4v) is 3.27. The molecule has 4 N–H and O–H groups in total. The van der Waals surface area contributed by atoms with E-state index in [9.17, 15) is 0 Å². The van der Waals surface area contributed by atoms with Gasteiger partial charge in [-0.3, -0.25) is 4.99 Å². The number of aliphatic imine (C=N–C) groups is 1. The lowest BCUT2D eigenvalue weighted by Gasteiger charge is -2.12. The van der Waals surface area contributed by atoms with Gasteiger partial charge in [0, 0.05) is 29.2 Å². The number of hydrogen-bond donors (Lipinski definition) is 3. The fourth-order valence-electron chi connectivity index (χ4n) is 3.27. The normalized spacial score (nSPS) is 16.7. The third-order valence-corrected chi connectivity index (χ3v) is 4.38. The van der Waals surface area contributed by atoms with Crippen LogP contribution in [0.4, 0.5) is 0 Å². The van der Waals surface area contributed by atoms with Crippen molar-refractivity contribution < 1.29 is 0 Å². The molecular weight excluding hydrogens is 260 g/mol. The van der Waals surface area contributed by atoms with E-state index < -0.39 is 0 Å². The molecule has 1 saturated carbocycles. The molecule has 21 heavy (non-hydrogen) atoms. The fraction of sp³-hybridized carbons (Fsp3) is 0.471. The van der Waals surface area contributed by atoms with Gasteiger partial charge in [-0.1, -0.05) is 31.0 Å². The first kappa shape index (κ1) is 14.0. The number of fused-ring (bicyclic) bond motifs is 1. The standard InChI is InChI=1S/C17H24N4/c1-12-14(15-8-4-5-9-16(15)20-12)10-11-19-17(18)21-13-6-2-3-7-13/h4-5,8-9,13,20H,2-3,6-7,10-11H2,1H3,(H3,18,19,21). The summed E-state index contributed by atoms with van der Waals surface area (Å²) < 4.78 is 0. The van der Waals surface area contributed by atoms with Gasteiger partial charge in [0.15, 0.2) is 5.96 Å². The molecule has 0 bridgehead atoms. The quantitative estimate of drug-likeness (QED) is 0.597. The molecule has 0 amide bonds. The number of aryl methyl sites for hydroxylation is 1. The van der Waals surface area contributed by atoms with Crippen LogP contribution in [0.5, 0.6) is 0 Å². The summed E-state index contributed by atoms with van der Waals surface area (Å²) in [4.78, 5) is 7.91. The number of guanidine groups is 1. The molecule has 2 aromatic rings. The Morgan fingerprint density at radius 2 is 2.10 bits per heavy atom. The largest absolute Gasteiger partial charge is 0.370 e. The predicted octanol–water partition coefficient (Wildman–Crippen LogP) is 2.87. The third-order valence-electron chi connectivity index (χ3n) is 4.38. The SMILES string of the molecule is Cc1[nH]c2ccccc2c1CCN=C(N)NC1CCCC1. The smallest absolute Gasteiger partial charge is 0.188 e. The molecule has 112 valence electrons. The first-order chi connectivity index (χ1) is 10.2. The molecule has 1 aromatic heterocycles. The summed E-state index contributed by atoms with van der Waals surface area (Å²) in [6, 6.07) is 8.95. The number of nitrogens with two attached hydrogens (primary N) is 1. The molecule has 1 fully saturated rings. The Bertz CT molecular complexity index is 635. The van der Waals surface area contributed by atoms with Crippen molar-refractivity contribution in [2.45, 2.75) is 45.1 Å². The Hall–Kier alpha value is -1.97. The van der Waals surface area contributed by atoms with E-state index in [1.165, 1.54) is 47.8 Å². The molecule has 1 aromatic carbocycles. The van der Waals surface area contributed by atoms with Crippen LogP contribution in [-0.2, 0) is 6.42 Å². The van der Waals surface area contributed by atoms with Gasteiger partial charge < -0.3 is 16.0 Å². The number of para-hydroxylation sites is 1. The molecule has 0 aliphatic heterocycles. The summed E-state index contributed by atoms with van der Waals surface area (Å²) in [6.07, 6.45) is 5.97. The number of H-pyrrole nitrogens is 1. The molecule has 0 atom stereocenters. The molecule has 0 saturated heterocycles. The highest BCUT2D eigenvalue weighted by Crippen LogP contribution is 2.22. The second-order valence-electron chi connectivity index (χ2n) is 5.92. The molecule has 0 unspecified atom stereocenters. The van der Waals surface area contributed by atoms with E-state index in [0.717, 1.165) is 13.0 Å². The second kappa shape index (κ2) is 6.20. The topological polar surface area (TPSA) is 66.2 Å². The van der Waals surface area contributed by atoms with Gasteiger partial charge in [-0.25, -0.2) is 0 Å². The predicted molar refractivity (Wildman–Crippen MR) is 88.6 cm³/mol. The van der Waals surface area contributed by atoms with Crippen LogP contribution in [0.2, 0.25) is 0 Å². The number of benzene rings is 1. The van der Waals surface area contributed by atoms with Crippen LogP contribution < -0.4 is 11.1 Å². The number of aromatic amines is 1. The minimum atomic E-state index is 0.531. The Labute approximate surface area is 125 Å². The van der Waals surface area contributed by atoms with Gasteiger partial charge in [-0.15, -0.1) is 0 Å². The Kier molecular flexibility index (Phi) is 4.13. The van der Waals surface area contributed by atoms with Crippen molar-refractivity contribution in [3.63, 3.8) is 0 Å². The summed E-state index contributed by atoms with van der Waals surface area (Å²) >= 11 is 0. The van der Waals surface area contributed by atoms with Crippen LogP contribution in [-0.4, -0.2) is 23.5 Å². The van der Waals surface area contributed by atoms with E-state index in [4.69, 9.17) is 5.73 Å². The number of nitrogens with one attached hydrogen (secondary N) is 2. The number of rotatable bonds is 4. The molecule has 4 nitrogen and oxygen atoms in total. The molecule has 1 heterocycles. The van der Waals surface area contributed by atoms with Crippen molar-refractivity contribution in [2.24, 2.45) is 10.7 Å². The van der Waals surface area contributed by atoms with Crippen molar-refractivity contribution >= 4 is 16.9 Å². The van der Waals surface area contributed by atoms with Crippen molar-refractivity contribution in [1.82, 2.24) is 10.3 Å². The van der Waals surface area contributed by atoms with E-state index in [0.29, 0.717) is 12.0 Å². The Morgan fingerprint density at radius 3 is 2.90 bits per heavy atom. The number of nitrogens with zero attached hydrogens (tertiary/aromatic N) is 1. The maximum atomic E-state index is 5.97. The van der Waals surface area contributed by atoms with Crippen molar-refractivity contribution in [1.29, 1.82) is 0 Å². The first-order valence-electron chi connectivity index (χ1n) is 7.86. The summed E-state index contributed by atoms with van der Waals surface area (Å²) in [5, 5.41) is 4.63. The maximum absolute atomic E-state index is 5.97. The van der Waals surface area contributed by atoms with Crippen molar-refractivity contribution in [3.8, 4) is 0 Å². The lowest BCUT2D eigenvalue weighted by atomic mass is 10.1. The molecule has 3 rings (SSSR count). The summed E-state index contributed by atoms with van der Waals surface area (Å²) in [5.74, 6) is 0.597. The van der Waals surface area contributed by atoms with Crippen LogP contribution in [0.25, 0.3) is 10.9 Å². The minimum absolute atomic E-state index is 0.531. The summed E-state index contributed by atoms with van der Waals surface area (Å²) in [6.45, 7) is 2.85. The van der Waals surface area contributed by atoms with Crippen molar-refractivity contribution in [2.75, 3.05) is 6.54 Å². The van der Waals surface area contributed by atoms with E-state index in [1.807, 2.05) is 0 Å². The highest BCUT2D eigenvalue weighted by atomic mass is 15.1. The zero-order chi connectivity index (χ0) is 14.7. The molecule has 0 radical (unpaired) electrons. The van der Waals surface area contributed by atoms with Gasteiger partial charge in [0.1, 0.15) is 0 Å². The van der Waals surface area contributed by atoms with E-state index in [1.54, 1.807) is 0 Å². The monoisotopic (exact) mass is 284 g/mol. The van der Waals surface area contributed by atoms with Gasteiger partial charge in [-0.2, -0.15) is 0 Å². The van der Waals surface area contributed by atoms with Crippen LogP contribution in [0, 0.1) is 6.92 Å². The maximum Gasteiger partial charge on any atom is 0.188 e. The van der Waals surface area contributed by atoms with Crippen molar-refractivity contribution in [3.05, 3.63) is 35.5 Å². The highest BCUT2D eigenvalue weighted by molar-refractivity contribution is 5.84. The Balaban J connectivity index is 1.62.